The van der Waals surface area contributed by atoms with Crippen LogP contribution in [0.1, 0.15) is 59.3 Å². The van der Waals surface area contributed by atoms with Crippen LogP contribution in [0.4, 0.5) is 22.7 Å². The van der Waals surface area contributed by atoms with Crippen LogP contribution in [0.3, 0.4) is 0 Å². The molecule has 0 unspecified atom stereocenters. The molecule has 9 rings (SSSR count). The highest BCUT2D eigenvalue weighted by atomic mass is 35.5. The molecule has 2 atom stereocenters. The van der Waals surface area contributed by atoms with Crippen LogP contribution in [0.15, 0.2) is 61.4 Å². The highest BCUT2D eigenvalue weighted by Crippen LogP contribution is 2.40. The number of carbonyl (C=O) groups excluding carboxylic acids is 6. The first-order chi connectivity index (χ1) is 29.7. The first-order valence-electron chi connectivity index (χ1n) is 19.4. The molecule has 21 nitrogen and oxygen atoms in total. The fourth-order valence-electron chi connectivity index (χ4n) is 6.81. The van der Waals surface area contributed by atoms with Crippen molar-refractivity contribution in [1.82, 2.24) is 45.9 Å². The van der Waals surface area contributed by atoms with Gasteiger partial charge in [-0.15, -0.1) is 12.4 Å². The summed E-state index contributed by atoms with van der Waals surface area (Å²) in [5.41, 5.74) is 11.1. The number of benzene rings is 2. The fourth-order valence-corrected chi connectivity index (χ4v) is 6.81. The summed E-state index contributed by atoms with van der Waals surface area (Å²) in [6.07, 6.45) is 6.16. The smallest absolute Gasteiger partial charge is 0.272 e. The van der Waals surface area contributed by atoms with E-state index >= 15 is 0 Å². The number of nitrogens with one attached hydrogen (secondary N) is 8. The predicted molar refractivity (Wildman–Crippen MR) is 231 cm³/mol. The molecule has 1 aliphatic carbocycles. The molecule has 326 valence electrons. The van der Waals surface area contributed by atoms with Crippen LogP contribution in [0, 0.1) is 11.8 Å². The number of rotatable bonds is 9. The summed E-state index contributed by atoms with van der Waals surface area (Å²) in [4.78, 5) is 95.6. The number of nitrogens with two attached hydrogens (primary N) is 1. The number of anilines is 4. The van der Waals surface area contributed by atoms with Crippen molar-refractivity contribution in [3.8, 4) is 11.5 Å². The Kier molecular flexibility index (Phi) is 12.1. The van der Waals surface area contributed by atoms with E-state index in [1.54, 1.807) is 42.7 Å². The van der Waals surface area contributed by atoms with E-state index in [2.05, 4.69) is 61.8 Å². The van der Waals surface area contributed by atoms with Gasteiger partial charge in [0.1, 0.15) is 35.2 Å². The molecule has 0 saturated heterocycles. The van der Waals surface area contributed by atoms with Gasteiger partial charge in [0.15, 0.2) is 24.6 Å². The number of halogens is 1. The number of H-pyrrole nitrogens is 2. The first-order valence-corrected chi connectivity index (χ1v) is 19.4. The number of hydrogen-bond donors (Lipinski definition) is 9. The molecular weight excluding hydrogens is 838 g/mol. The molecule has 4 aromatic heterocycles. The third-order valence-electron chi connectivity index (χ3n) is 9.87. The summed E-state index contributed by atoms with van der Waals surface area (Å²) >= 11 is 0. The molecule has 3 aliphatic rings. The molecule has 1 fully saturated rings. The third-order valence-corrected chi connectivity index (χ3v) is 9.87. The summed E-state index contributed by atoms with van der Waals surface area (Å²) in [5.74, 6) is -1.25. The normalized spacial score (nSPS) is 15.9. The van der Waals surface area contributed by atoms with Gasteiger partial charge < -0.3 is 57.1 Å². The number of nitrogen functional groups attached to an aromatic ring is 1. The SMILES string of the molecule is CC(C)(C)NC(=O)[C@@H]1C[C@H]1C(=O)Nc1c[nH]c2c(C(=O)NCc3ccc4c(c3)NC(=O)CO4)ncnc12.Cl.Nc1c[nH]c2c(C(=O)NCc3ccc4c(c3)NC(=O)CO4)ncnc12. The largest absolute Gasteiger partial charge is 0.482 e. The number of amides is 6. The highest BCUT2D eigenvalue weighted by molar-refractivity contribution is 6.09. The van der Waals surface area contributed by atoms with Gasteiger partial charge in [0.05, 0.1) is 45.6 Å². The Morgan fingerprint density at radius 1 is 0.730 bits per heavy atom. The number of nitrogens with zero attached hydrogens (tertiary/aromatic N) is 4. The van der Waals surface area contributed by atoms with Crippen molar-refractivity contribution in [1.29, 1.82) is 0 Å². The zero-order chi connectivity index (χ0) is 43.7. The lowest BCUT2D eigenvalue weighted by atomic mass is 10.1. The number of fused-ring (bicyclic) bond motifs is 4. The number of hydrogen-bond acceptors (Lipinski definition) is 13. The minimum absolute atomic E-state index is 0. The van der Waals surface area contributed by atoms with Crippen molar-refractivity contribution in [3.05, 3.63) is 84.0 Å². The molecule has 0 radical (unpaired) electrons. The van der Waals surface area contributed by atoms with Crippen LogP contribution < -0.4 is 47.1 Å². The summed E-state index contributed by atoms with van der Waals surface area (Å²) in [7, 11) is 0. The second-order valence-electron chi connectivity index (χ2n) is 15.7. The molecule has 2 aliphatic heterocycles. The Bertz CT molecular complexity index is 2800. The van der Waals surface area contributed by atoms with Gasteiger partial charge in [-0.1, -0.05) is 12.1 Å². The molecule has 0 spiro atoms. The second kappa shape index (κ2) is 17.7. The van der Waals surface area contributed by atoms with E-state index in [9.17, 15) is 28.8 Å². The van der Waals surface area contributed by atoms with Gasteiger partial charge in [0, 0.05) is 31.0 Å². The van der Waals surface area contributed by atoms with Crippen LogP contribution in [-0.4, -0.2) is 84.1 Å². The van der Waals surface area contributed by atoms with Crippen molar-refractivity contribution in [2.45, 2.75) is 45.8 Å². The molecule has 22 heteroatoms. The van der Waals surface area contributed by atoms with E-state index < -0.39 is 11.8 Å². The Morgan fingerprint density at radius 3 is 1.79 bits per heavy atom. The standard InChI is InChI=1S/C25H27N7O5.C16H14N6O3.ClH/c1-25(2,3)32-23(35)14-7-13(14)22(34)31-16-9-26-20-19(16)28-11-29-21(20)24(36)27-8-12-4-5-17-15(6-12)30-18(33)10-37-17;17-9-5-18-14-13(9)20-7-21-15(14)16(24)19-4-8-1-2-11-10(3-8)22-12(23)6-25-11;/h4-6,9,11,13-14,26H,7-8,10H2,1-3H3,(H,27,36)(H,30,33)(H,31,34)(H,32,35);1-3,5,7,18H,4,6,17H2,(H,19,24)(H,22,23);1H/t13-,14-;;/m1../s1. The quantitative estimate of drug-likeness (QED) is 0.101. The Balaban J connectivity index is 0.000000200. The lowest BCUT2D eigenvalue weighted by Crippen LogP contribution is -2.42. The van der Waals surface area contributed by atoms with Crippen molar-refractivity contribution < 1.29 is 38.2 Å². The zero-order valence-corrected chi connectivity index (χ0v) is 34.8. The molecule has 0 bridgehead atoms. The molecule has 6 aromatic rings. The average molecular weight is 880 g/mol. The van der Waals surface area contributed by atoms with Crippen molar-refractivity contribution in [2.24, 2.45) is 11.8 Å². The summed E-state index contributed by atoms with van der Waals surface area (Å²) < 4.78 is 10.7. The van der Waals surface area contributed by atoms with Gasteiger partial charge in [-0.3, -0.25) is 28.8 Å². The monoisotopic (exact) mass is 879 g/mol. The van der Waals surface area contributed by atoms with Gasteiger partial charge in [0.25, 0.3) is 23.6 Å². The number of ether oxygens (including phenoxy) is 2. The Labute approximate surface area is 363 Å². The van der Waals surface area contributed by atoms with E-state index in [4.69, 9.17) is 15.2 Å². The third kappa shape index (κ3) is 9.73. The topological polar surface area (TPSA) is 302 Å². The van der Waals surface area contributed by atoms with Crippen LogP contribution in [0.25, 0.3) is 22.1 Å². The predicted octanol–water partition coefficient (Wildman–Crippen LogP) is 2.93. The van der Waals surface area contributed by atoms with Crippen molar-refractivity contribution in [2.75, 3.05) is 34.9 Å². The molecule has 1 saturated carbocycles. The Hall–Kier alpha value is -7.81. The van der Waals surface area contributed by atoms with Gasteiger partial charge >= 0.3 is 0 Å². The van der Waals surface area contributed by atoms with E-state index in [1.165, 1.54) is 12.7 Å². The molecule has 10 N–H and O–H groups in total. The van der Waals surface area contributed by atoms with E-state index in [0.717, 1.165) is 11.1 Å². The average Bonchev–Trinajstić information content (AvgIpc) is 3.84. The Morgan fingerprint density at radius 2 is 1.24 bits per heavy atom. The van der Waals surface area contributed by atoms with Crippen LogP contribution in [-0.2, 0) is 32.3 Å². The second-order valence-corrected chi connectivity index (χ2v) is 15.7. The minimum atomic E-state index is -0.439. The van der Waals surface area contributed by atoms with E-state index in [-0.39, 0.29) is 91.1 Å². The van der Waals surface area contributed by atoms with Crippen molar-refractivity contribution >= 4 is 92.7 Å². The number of carbonyl (C=O) groups is 6. The maximum absolute atomic E-state index is 12.9. The molecular formula is C41H42ClN13O8. The number of aromatic nitrogens is 6. The van der Waals surface area contributed by atoms with E-state index in [1.807, 2.05) is 26.8 Å². The maximum Gasteiger partial charge on any atom is 0.272 e. The zero-order valence-electron chi connectivity index (χ0n) is 34.0. The van der Waals surface area contributed by atoms with Gasteiger partial charge in [-0.2, -0.15) is 0 Å². The summed E-state index contributed by atoms with van der Waals surface area (Å²) in [6, 6.07) is 10.6. The summed E-state index contributed by atoms with van der Waals surface area (Å²) in [5, 5.41) is 16.8. The van der Waals surface area contributed by atoms with Gasteiger partial charge in [0.2, 0.25) is 11.8 Å². The molecule has 6 amide bonds. The number of aromatic amines is 2. The molecule has 2 aromatic carbocycles. The van der Waals surface area contributed by atoms with E-state index in [0.29, 0.717) is 62.7 Å². The van der Waals surface area contributed by atoms with Gasteiger partial charge in [-0.25, -0.2) is 19.9 Å². The lowest BCUT2D eigenvalue weighted by molar-refractivity contribution is -0.126. The van der Waals surface area contributed by atoms with Crippen LogP contribution in [0.2, 0.25) is 0 Å². The van der Waals surface area contributed by atoms with Crippen molar-refractivity contribution in [3.63, 3.8) is 0 Å². The van der Waals surface area contributed by atoms with Crippen LogP contribution in [0.5, 0.6) is 11.5 Å². The van der Waals surface area contributed by atoms with Gasteiger partial charge in [-0.05, 0) is 62.6 Å². The molecule has 6 heterocycles. The van der Waals surface area contributed by atoms with Crippen LogP contribution >= 0.6 is 12.4 Å². The summed E-state index contributed by atoms with van der Waals surface area (Å²) in [6.45, 7) is 6.11. The minimum Gasteiger partial charge on any atom is -0.482 e. The first kappa shape index (κ1) is 43.3. The highest BCUT2D eigenvalue weighted by Gasteiger charge is 2.48. The molecule has 63 heavy (non-hydrogen) atoms. The maximum atomic E-state index is 12.9. The lowest BCUT2D eigenvalue weighted by Gasteiger charge is -2.20. The fraction of sp³-hybridized carbons (Fsp3) is 0.268.